The van der Waals surface area contributed by atoms with Gasteiger partial charge in [0, 0.05) is 32.0 Å². The second-order valence-corrected chi connectivity index (χ2v) is 4.73. The van der Waals surface area contributed by atoms with E-state index in [1.54, 1.807) is 0 Å². The number of nitrogens with zero attached hydrogens (tertiary/aromatic N) is 3. The fourth-order valence-electron chi connectivity index (χ4n) is 2.15. The Morgan fingerprint density at radius 2 is 2.38 bits per heavy atom. The van der Waals surface area contributed by atoms with Gasteiger partial charge in [-0.2, -0.15) is 0 Å². The zero-order valence-electron chi connectivity index (χ0n) is 10.3. The summed E-state index contributed by atoms with van der Waals surface area (Å²) in [6, 6.07) is 0.643. The van der Waals surface area contributed by atoms with Gasteiger partial charge in [-0.25, -0.2) is 4.98 Å². The minimum atomic E-state index is 0.643. The van der Waals surface area contributed by atoms with Crippen molar-refractivity contribution in [1.82, 2.24) is 19.8 Å². The van der Waals surface area contributed by atoms with Crippen molar-refractivity contribution in [3.05, 3.63) is 18.2 Å². The van der Waals surface area contributed by atoms with Crippen LogP contribution < -0.4 is 5.32 Å². The van der Waals surface area contributed by atoms with E-state index in [1.165, 1.54) is 31.8 Å². The summed E-state index contributed by atoms with van der Waals surface area (Å²) in [7, 11) is 2.07. The maximum Gasteiger partial charge on any atom is 0.122 e. The zero-order chi connectivity index (χ0) is 11.4. The minimum absolute atomic E-state index is 0.643. The lowest BCUT2D eigenvalue weighted by molar-refractivity contribution is 0.223. The van der Waals surface area contributed by atoms with Crippen LogP contribution in [0.5, 0.6) is 0 Å². The van der Waals surface area contributed by atoms with Crippen LogP contribution in [0, 0.1) is 0 Å². The molecule has 1 aromatic rings. The highest BCUT2D eigenvalue weighted by Gasteiger charge is 2.13. The van der Waals surface area contributed by atoms with Crippen molar-refractivity contribution in [2.24, 2.45) is 7.05 Å². The minimum Gasteiger partial charge on any atom is -0.337 e. The molecule has 1 aliphatic rings. The summed E-state index contributed by atoms with van der Waals surface area (Å²) in [6.07, 6.45) is 6.35. The molecule has 0 radical (unpaired) electrons. The lowest BCUT2D eigenvalue weighted by atomic mass is 10.2. The number of nitrogens with one attached hydrogen (secondary N) is 1. The predicted octanol–water partition coefficient (Wildman–Crippen LogP) is 0.994. The fourth-order valence-corrected chi connectivity index (χ4v) is 2.15. The number of hydrogen-bond donors (Lipinski definition) is 1. The van der Waals surface area contributed by atoms with Gasteiger partial charge < -0.3 is 9.88 Å². The lowest BCUT2D eigenvalue weighted by Crippen LogP contribution is -2.38. The average molecular weight is 222 g/mol. The first-order valence-electron chi connectivity index (χ1n) is 6.17. The van der Waals surface area contributed by atoms with Gasteiger partial charge in [0.1, 0.15) is 5.82 Å². The lowest BCUT2D eigenvalue weighted by Gasteiger charge is -2.27. The standard InChI is InChI=1S/C12H22N4/c1-11-4-8-16(7-3-5-13-11)10-12-14-6-9-15(12)2/h6,9,11,13H,3-5,7-8,10H2,1-2H3. The van der Waals surface area contributed by atoms with Gasteiger partial charge >= 0.3 is 0 Å². The van der Waals surface area contributed by atoms with E-state index < -0.39 is 0 Å². The van der Waals surface area contributed by atoms with Crippen LogP contribution in [0.2, 0.25) is 0 Å². The van der Waals surface area contributed by atoms with Crippen LogP contribution in [0.15, 0.2) is 12.4 Å². The van der Waals surface area contributed by atoms with Crippen molar-refractivity contribution in [2.45, 2.75) is 32.4 Å². The normalized spacial score (nSPS) is 24.0. The van der Waals surface area contributed by atoms with Gasteiger partial charge in [0.25, 0.3) is 0 Å². The molecule has 1 fully saturated rings. The summed E-state index contributed by atoms with van der Waals surface area (Å²) < 4.78 is 2.11. The van der Waals surface area contributed by atoms with E-state index in [0.717, 1.165) is 13.1 Å². The Morgan fingerprint density at radius 3 is 3.12 bits per heavy atom. The molecule has 1 N–H and O–H groups in total. The molecule has 4 nitrogen and oxygen atoms in total. The van der Waals surface area contributed by atoms with Crippen molar-refractivity contribution in [2.75, 3.05) is 19.6 Å². The molecule has 0 bridgehead atoms. The maximum absolute atomic E-state index is 4.39. The average Bonchev–Trinajstić information content (AvgIpc) is 2.63. The molecule has 90 valence electrons. The molecule has 0 saturated carbocycles. The number of aromatic nitrogens is 2. The molecule has 2 rings (SSSR count). The molecule has 0 amide bonds. The first-order valence-corrected chi connectivity index (χ1v) is 6.17. The third kappa shape index (κ3) is 3.06. The molecule has 1 unspecified atom stereocenters. The van der Waals surface area contributed by atoms with Gasteiger partial charge in [0.2, 0.25) is 0 Å². The van der Waals surface area contributed by atoms with Crippen LogP contribution >= 0.6 is 0 Å². The molecular weight excluding hydrogens is 200 g/mol. The van der Waals surface area contributed by atoms with E-state index in [1.807, 2.05) is 12.4 Å². The summed E-state index contributed by atoms with van der Waals surface area (Å²) in [5.41, 5.74) is 0. The summed E-state index contributed by atoms with van der Waals surface area (Å²) in [5.74, 6) is 1.17. The Kier molecular flexibility index (Phi) is 3.96. The zero-order valence-corrected chi connectivity index (χ0v) is 10.3. The van der Waals surface area contributed by atoms with Gasteiger partial charge in [-0.05, 0) is 32.9 Å². The maximum atomic E-state index is 4.39. The number of aryl methyl sites for hydroxylation is 1. The third-order valence-electron chi connectivity index (χ3n) is 3.31. The topological polar surface area (TPSA) is 33.1 Å². The van der Waals surface area contributed by atoms with E-state index in [0.29, 0.717) is 6.04 Å². The van der Waals surface area contributed by atoms with Crippen molar-refractivity contribution in [3.63, 3.8) is 0 Å². The Hall–Kier alpha value is -0.870. The third-order valence-corrected chi connectivity index (χ3v) is 3.31. The monoisotopic (exact) mass is 222 g/mol. The van der Waals surface area contributed by atoms with Crippen LogP contribution in [0.4, 0.5) is 0 Å². The molecule has 1 saturated heterocycles. The second kappa shape index (κ2) is 5.46. The van der Waals surface area contributed by atoms with Crippen molar-refractivity contribution in [3.8, 4) is 0 Å². The summed E-state index contributed by atoms with van der Waals surface area (Å²) in [5, 5.41) is 3.53. The molecule has 2 heterocycles. The molecule has 1 aromatic heterocycles. The molecule has 0 aromatic carbocycles. The highest BCUT2D eigenvalue weighted by molar-refractivity contribution is 4.91. The predicted molar refractivity (Wildman–Crippen MR) is 65.2 cm³/mol. The Bertz CT molecular complexity index is 321. The Labute approximate surface area is 97.7 Å². The highest BCUT2D eigenvalue weighted by Crippen LogP contribution is 2.06. The first-order chi connectivity index (χ1) is 7.75. The van der Waals surface area contributed by atoms with Gasteiger partial charge in [-0.3, -0.25) is 4.90 Å². The molecule has 16 heavy (non-hydrogen) atoms. The number of hydrogen-bond acceptors (Lipinski definition) is 3. The number of imidazole rings is 1. The molecule has 0 spiro atoms. The van der Waals surface area contributed by atoms with Crippen molar-refractivity contribution >= 4 is 0 Å². The highest BCUT2D eigenvalue weighted by atomic mass is 15.2. The molecule has 1 atom stereocenters. The Morgan fingerprint density at radius 1 is 1.50 bits per heavy atom. The van der Waals surface area contributed by atoms with Crippen molar-refractivity contribution < 1.29 is 0 Å². The van der Waals surface area contributed by atoms with Crippen LogP contribution in [0.25, 0.3) is 0 Å². The van der Waals surface area contributed by atoms with Crippen molar-refractivity contribution in [1.29, 1.82) is 0 Å². The van der Waals surface area contributed by atoms with Crippen LogP contribution in [0.1, 0.15) is 25.6 Å². The van der Waals surface area contributed by atoms with Gasteiger partial charge in [-0.15, -0.1) is 0 Å². The van der Waals surface area contributed by atoms with E-state index in [9.17, 15) is 0 Å². The summed E-state index contributed by atoms with van der Waals surface area (Å²) in [4.78, 5) is 6.90. The summed E-state index contributed by atoms with van der Waals surface area (Å²) >= 11 is 0. The van der Waals surface area contributed by atoms with Gasteiger partial charge in [0.05, 0.1) is 6.54 Å². The smallest absolute Gasteiger partial charge is 0.122 e. The van der Waals surface area contributed by atoms with Gasteiger partial charge in [0.15, 0.2) is 0 Å². The van der Waals surface area contributed by atoms with E-state index in [-0.39, 0.29) is 0 Å². The molecule has 0 aliphatic carbocycles. The fraction of sp³-hybridized carbons (Fsp3) is 0.750. The molecular formula is C12H22N4. The second-order valence-electron chi connectivity index (χ2n) is 4.73. The van der Waals surface area contributed by atoms with E-state index in [2.05, 4.69) is 33.7 Å². The first kappa shape index (κ1) is 11.6. The number of rotatable bonds is 2. The van der Waals surface area contributed by atoms with Crippen LogP contribution in [-0.2, 0) is 13.6 Å². The quantitative estimate of drug-likeness (QED) is 0.810. The van der Waals surface area contributed by atoms with Gasteiger partial charge in [-0.1, -0.05) is 0 Å². The summed E-state index contributed by atoms with van der Waals surface area (Å²) in [6.45, 7) is 6.73. The molecule has 1 aliphatic heterocycles. The Balaban J connectivity index is 1.90. The van der Waals surface area contributed by atoms with Crippen LogP contribution in [0.3, 0.4) is 0 Å². The van der Waals surface area contributed by atoms with E-state index >= 15 is 0 Å². The van der Waals surface area contributed by atoms with Crippen LogP contribution in [-0.4, -0.2) is 40.1 Å². The SMILES string of the molecule is CC1CCN(Cc2nccn2C)CCCN1. The largest absolute Gasteiger partial charge is 0.337 e. The van der Waals surface area contributed by atoms with E-state index in [4.69, 9.17) is 0 Å². The molecule has 4 heteroatoms.